The van der Waals surface area contributed by atoms with E-state index in [1.54, 1.807) is 24.3 Å². The maximum atomic E-state index is 11.6. The van der Waals surface area contributed by atoms with Gasteiger partial charge in [0, 0.05) is 22.0 Å². The highest BCUT2D eigenvalue weighted by atomic mass is 35.5. The molecule has 0 aliphatic heterocycles. The summed E-state index contributed by atoms with van der Waals surface area (Å²) >= 11 is 11.9. The van der Waals surface area contributed by atoms with Crippen LogP contribution in [0, 0.1) is 6.92 Å². The van der Waals surface area contributed by atoms with Crippen LogP contribution in [0.15, 0.2) is 51.7 Å². The topological polar surface area (TPSA) is 39.4 Å². The summed E-state index contributed by atoms with van der Waals surface area (Å²) < 4.78 is 10.9. The predicted octanol–water partition coefficient (Wildman–Crippen LogP) is 4.99. The van der Waals surface area contributed by atoms with Crippen LogP contribution in [0.4, 0.5) is 0 Å². The molecule has 1 aromatic heterocycles. The van der Waals surface area contributed by atoms with Crippen molar-refractivity contribution in [1.82, 2.24) is 0 Å². The minimum atomic E-state index is -0.405. The van der Waals surface area contributed by atoms with E-state index >= 15 is 0 Å². The van der Waals surface area contributed by atoms with Crippen LogP contribution in [0.3, 0.4) is 0 Å². The second kappa shape index (κ2) is 6.03. The molecule has 0 N–H and O–H groups in total. The Labute approximate surface area is 137 Å². The number of hydrogen-bond donors (Lipinski definition) is 0. The molecular formula is C17H12Cl2O3. The summed E-state index contributed by atoms with van der Waals surface area (Å²) in [5.41, 5.74) is 1.96. The maximum Gasteiger partial charge on any atom is 0.336 e. The van der Waals surface area contributed by atoms with E-state index < -0.39 is 5.63 Å². The van der Waals surface area contributed by atoms with E-state index in [1.807, 2.05) is 19.1 Å². The van der Waals surface area contributed by atoms with Crippen molar-refractivity contribution in [3.05, 3.63) is 74.1 Å². The van der Waals surface area contributed by atoms with Crippen molar-refractivity contribution in [2.45, 2.75) is 13.5 Å². The first-order valence-electron chi connectivity index (χ1n) is 6.64. The summed E-state index contributed by atoms with van der Waals surface area (Å²) in [6, 6.07) is 12.1. The van der Waals surface area contributed by atoms with Gasteiger partial charge in [-0.15, -0.1) is 0 Å². The Morgan fingerprint density at radius 3 is 2.68 bits per heavy atom. The molecule has 0 unspecified atom stereocenters. The Kier molecular flexibility index (Phi) is 4.10. The van der Waals surface area contributed by atoms with Crippen LogP contribution in [-0.4, -0.2) is 0 Å². The third kappa shape index (κ3) is 3.11. The SMILES string of the molecule is Cc1ccc2oc(=O)cc(COc3ccc(Cl)cc3Cl)c2c1. The van der Waals surface area contributed by atoms with Crippen molar-refractivity contribution in [2.24, 2.45) is 0 Å². The molecule has 2 aromatic carbocycles. The highest BCUT2D eigenvalue weighted by Crippen LogP contribution is 2.29. The van der Waals surface area contributed by atoms with Crippen molar-refractivity contribution in [2.75, 3.05) is 0 Å². The fourth-order valence-electron chi connectivity index (χ4n) is 2.21. The van der Waals surface area contributed by atoms with Gasteiger partial charge in [0.15, 0.2) is 0 Å². The van der Waals surface area contributed by atoms with E-state index in [0.717, 1.165) is 16.5 Å². The van der Waals surface area contributed by atoms with Gasteiger partial charge in [-0.05, 0) is 37.3 Å². The van der Waals surface area contributed by atoms with Crippen LogP contribution >= 0.6 is 23.2 Å². The van der Waals surface area contributed by atoms with Gasteiger partial charge in [0.1, 0.15) is 17.9 Å². The minimum Gasteiger partial charge on any atom is -0.487 e. The number of ether oxygens (including phenoxy) is 1. The average molecular weight is 335 g/mol. The lowest BCUT2D eigenvalue weighted by Crippen LogP contribution is -2.04. The first kappa shape index (κ1) is 14.9. The zero-order chi connectivity index (χ0) is 15.7. The van der Waals surface area contributed by atoms with Gasteiger partial charge in [-0.25, -0.2) is 4.79 Å². The van der Waals surface area contributed by atoms with E-state index in [-0.39, 0.29) is 6.61 Å². The second-order valence-corrected chi connectivity index (χ2v) is 5.80. The van der Waals surface area contributed by atoms with Crippen LogP contribution < -0.4 is 10.4 Å². The fraction of sp³-hybridized carbons (Fsp3) is 0.118. The molecule has 112 valence electrons. The zero-order valence-corrected chi connectivity index (χ0v) is 13.2. The quantitative estimate of drug-likeness (QED) is 0.633. The molecule has 0 aliphatic carbocycles. The van der Waals surface area contributed by atoms with Gasteiger partial charge in [-0.2, -0.15) is 0 Å². The van der Waals surface area contributed by atoms with Crippen LogP contribution in [0.25, 0.3) is 11.0 Å². The lowest BCUT2D eigenvalue weighted by atomic mass is 10.1. The molecule has 1 heterocycles. The number of aryl methyl sites for hydroxylation is 1. The molecule has 0 amide bonds. The van der Waals surface area contributed by atoms with E-state index in [4.69, 9.17) is 32.4 Å². The molecule has 3 rings (SSSR count). The second-order valence-electron chi connectivity index (χ2n) is 4.95. The normalized spacial score (nSPS) is 10.9. The number of halogens is 2. The molecule has 0 spiro atoms. The largest absolute Gasteiger partial charge is 0.487 e. The third-order valence-electron chi connectivity index (χ3n) is 3.26. The van der Waals surface area contributed by atoms with Gasteiger partial charge in [0.05, 0.1) is 5.02 Å². The first-order chi connectivity index (χ1) is 10.5. The van der Waals surface area contributed by atoms with Crippen LogP contribution in [0.2, 0.25) is 10.0 Å². The molecule has 0 atom stereocenters. The zero-order valence-electron chi connectivity index (χ0n) is 11.7. The van der Waals surface area contributed by atoms with E-state index in [2.05, 4.69) is 0 Å². The Hall–Kier alpha value is -1.97. The van der Waals surface area contributed by atoms with Crippen molar-refractivity contribution < 1.29 is 9.15 Å². The predicted molar refractivity (Wildman–Crippen MR) is 88.0 cm³/mol. The van der Waals surface area contributed by atoms with E-state index in [0.29, 0.717) is 21.4 Å². The number of rotatable bonds is 3. The van der Waals surface area contributed by atoms with Gasteiger partial charge in [-0.3, -0.25) is 0 Å². The molecule has 3 nitrogen and oxygen atoms in total. The number of fused-ring (bicyclic) bond motifs is 1. The molecule has 3 aromatic rings. The van der Waals surface area contributed by atoms with Crippen LogP contribution in [-0.2, 0) is 6.61 Å². The number of benzene rings is 2. The van der Waals surface area contributed by atoms with Gasteiger partial charge in [0.2, 0.25) is 0 Å². The lowest BCUT2D eigenvalue weighted by molar-refractivity contribution is 0.307. The van der Waals surface area contributed by atoms with Crippen LogP contribution in [0.5, 0.6) is 5.75 Å². The van der Waals surface area contributed by atoms with Crippen molar-refractivity contribution in [3.8, 4) is 5.75 Å². The van der Waals surface area contributed by atoms with Gasteiger partial charge >= 0.3 is 5.63 Å². The standard InChI is InChI=1S/C17H12Cl2O3/c1-10-2-4-15-13(6-10)11(7-17(20)22-15)9-21-16-5-3-12(18)8-14(16)19/h2-8H,9H2,1H3. The minimum absolute atomic E-state index is 0.215. The summed E-state index contributed by atoms with van der Waals surface area (Å²) in [6.45, 7) is 2.19. The van der Waals surface area contributed by atoms with Crippen molar-refractivity contribution in [1.29, 1.82) is 0 Å². The lowest BCUT2D eigenvalue weighted by Gasteiger charge is -2.10. The van der Waals surface area contributed by atoms with Crippen LogP contribution in [0.1, 0.15) is 11.1 Å². The van der Waals surface area contributed by atoms with E-state index in [1.165, 1.54) is 6.07 Å². The Bertz CT molecular complexity index is 900. The number of hydrogen-bond acceptors (Lipinski definition) is 3. The molecule has 0 radical (unpaired) electrons. The molecule has 0 fully saturated rings. The summed E-state index contributed by atoms with van der Waals surface area (Å²) in [7, 11) is 0. The van der Waals surface area contributed by atoms with Crippen molar-refractivity contribution >= 4 is 34.2 Å². The van der Waals surface area contributed by atoms with Gasteiger partial charge in [0.25, 0.3) is 0 Å². The average Bonchev–Trinajstić information content (AvgIpc) is 2.46. The fourth-order valence-corrected chi connectivity index (χ4v) is 2.67. The monoisotopic (exact) mass is 334 g/mol. The molecular weight excluding hydrogens is 323 g/mol. The van der Waals surface area contributed by atoms with Crippen molar-refractivity contribution in [3.63, 3.8) is 0 Å². The summed E-state index contributed by atoms with van der Waals surface area (Å²) in [5.74, 6) is 0.514. The maximum absolute atomic E-state index is 11.6. The summed E-state index contributed by atoms with van der Waals surface area (Å²) in [6.07, 6.45) is 0. The van der Waals surface area contributed by atoms with Gasteiger partial charge in [-0.1, -0.05) is 34.8 Å². The molecule has 0 saturated heterocycles. The van der Waals surface area contributed by atoms with E-state index in [9.17, 15) is 4.79 Å². The highest BCUT2D eigenvalue weighted by Gasteiger charge is 2.08. The molecule has 0 saturated carbocycles. The molecule has 0 bridgehead atoms. The Morgan fingerprint density at radius 1 is 1.09 bits per heavy atom. The first-order valence-corrected chi connectivity index (χ1v) is 7.40. The van der Waals surface area contributed by atoms with Gasteiger partial charge < -0.3 is 9.15 Å². The molecule has 22 heavy (non-hydrogen) atoms. The Balaban J connectivity index is 1.96. The summed E-state index contributed by atoms with van der Waals surface area (Å²) in [5, 5.41) is 1.82. The third-order valence-corrected chi connectivity index (χ3v) is 3.79. The highest BCUT2D eigenvalue weighted by molar-refractivity contribution is 6.35. The summed E-state index contributed by atoms with van der Waals surface area (Å²) in [4.78, 5) is 11.6. The molecule has 5 heteroatoms. The Morgan fingerprint density at radius 2 is 1.91 bits per heavy atom. The molecule has 0 aliphatic rings. The smallest absolute Gasteiger partial charge is 0.336 e.